The van der Waals surface area contributed by atoms with Gasteiger partial charge >= 0.3 is 361 Å². The van der Waals surface area contributed by atoms with Gasteiger partial charge < -0.3 is 0 Å². The SMILES string of the molecule is CCC1=Cc2c(-c3ccc(C45CC6CC(CC(C6)C4)C5)cc3)cccc2[CH]1[Zr](=[SiH2])([CH2]C)([CH2]C)[CH]1C(C)=Cc2c(-c3ccc(C45CC6CC(CC(C6)C4)C5)cc3)cccc21.Cl.Cl. The van der Waals surface area contributed by atoms with Crippen molar-refractivity contribution in [2.75, 3.05) is 0 Å². The van der Waals surface area contributed by atoms with Crippen molar-refractivity contribution in [2.24, 2.45) is 35.5 Å². The summed E-state index contributed by atoms with van der Waals surface area (Å²) in [6.45, 7) is 12.8. The quantitative estimate of drug-likeness (QED) is 0.147. The number of allylic oxidation sites excluding steroid dienone is 2. The van der Waals surface area contributed by atoms with Gasteiger partial charge in [-0.1, -0.05) is 0 Å². The predicted molar refractivity (Wildman–Crippen MR) is 265 cm³/mol. The second-order valence-electron chi connectivity index (χ2n) is 22.8. The van der Waals surface area contributed by atoms with Gasteiger partial charge in [-0.15, -0.1) is 24.8 Å². The first-order valence-electron chi connectivity index (χ1n) is 24.5. The minimum atomic E-state index is -3.79. The fourth-order valence-electron chi connectivity index (χ4n) is 17.9. The molecule has 0 saturated heterocycles. The van der Waals surface area contributed by atoms with E-state index in [1.54, 1.807) is 39.0 Å². The molecule has 0 N–H and O–H groups in total. The van der Waals surface area contributed by atoms with Gasteiger partial charge in [-0.3, -0.25) is 0 Å². The van der Waals surface area contributed by atoms with Crippen LogP contribution >= 0.6 is 24.8 Å². The molecule has 0 nitrogen and oxygen atoms in total. The molecule has 4 aromatic rings. The minimum absolute atomic E-state index is 0. The molecule has 8 fully saturated rings. The summed E-state index contributed by atoms with van der Waals surface area (Å²) in [5.41, 5.74) is 19.7. The summed E-state index contributed by atoms with van der Waals surface area (Å²) in [7, 11) is 0. The van der Waals surface area contributed by atoms with Crippen molar-refractivity contribution in [1.29, 1.82) is 0 Å². The van der Waals surface area contributed by atoms with Crippen LogP contribution in [0.2, 0.25) is 8.26 Å². The molecular weight excluding hydrogens is 875 g/mol. The Morgan fingerprint density at radius 2 is 0.885 bits per heavy atom. The van der Waals surface area contributed by atoms with Crippen LogP contribution in [0.4, 0.5) is 0 Å². The first kappa shape index (κ1) is 43.0. The Bertz CT molecular complexity index is 2420. The second kappa shape index (κ2) is 15.3. The van der Waals surface area contributed by atoms with Crippen molar-refractivity contribution in [2.45, 2.75) is 138 Å². The maximum absolute atomic E-state index is 3.79. The van der Waals surface area contributed by atoms with Crippen molar-refractivity contribution >= 4 is 43.8 Å². The van der Waals surface area contributed by atoms with E-state index >= 15 is 0 Å². The number of rotatable bonds is 9. The van der Waals surface area contributed by atoms with Gasteiger partial charge in [-0.05, 0) is 0 Å². The Balaban J connectivity index is 0.00000223. The average molecular weight is 945 g/mol. The van der Waals surface area contributed by atoms with Crippen molar-refractivity contribution in [1.82, 2.24) is 0 Å². The average Bonchev–Trinajstić information content (AvgIpc) is 3.81. The van der Waals surface area contributed by atoms with E-state index in [0.29, 0.717) is 18.1 Å². The van der Waals surface area contributed by atoms with Crippen LogP contribution in [0.15, 0.2) is 96.1 Å². The van der Waals surface area contributed by atoms with Gasteiger partial charge in [0.05, 0.1) is 0 Å². The van der Waals surface area contributed by atoms with E-state index < -0.39 is 17.4 Å². The molecule has 2 atom stereocenters. The number of halogens is 2. The third-order valence-electron chi connectivity index (χ3n) is 19.9. The normalized spacial score (nSPS) is 33.7. The summed E-state index contributed by atoms with van der Waals surface area (Å²) in [6, 6.07) is 35.2. The topological polar surface area (TPSA) is 0 Å². The summed E-state index contributed by atoms with van der Waals surface area (Å²) in [5, 5.41) is 0. The number of fused-ring (bicyclic) bond motifs is 2. The summed E-state index contributed by atoms with van der Waals surface area (Å²) < 4.78 is 3.85. The third kappa shape index (κ3) is 6.30. The van der Waals surface area contributed by atoms with Crippen LogP contribution < -0.4 is 0 Å². The van der Waals surface area contributed by atoms with Crippen LogP contribution in [0.5, 0.6) is 0 Å². The van der Waals surface area contributed by atoms with Gasteiger partial charge in [0, 0.05) is 0 Å². The van der Waals surface area contributed by atoms with Crippen molar-refractivity contribution in [3.8, 4) is 22.3 Å². The van der Waals surface area contributed by atoms with Gasteiger partial charge in [0.15, 0.2) is 0 Å². The second-order valence-corrected chi connectivity index (χ2v) is 50.4. The van der Waals surface area contributed by atoms with E-state index in [0.717, 1.165) is 41.9 Å². The van der Waals surface area contributed by atoms with Crippen LogP contribution in [0.3, 0.4) is 0 Å². The van der Waals surface area contributed by atoms with E-state index in [-0.39, 0.29) is 24.8 Å². The molecule has 0 aromatic heterocycles. The van der Waals surface area contributed by atoms with Crippen LogP contribution in [0, 0.1) is 35.5 Å². The third-order valence-corrected chi connectivity index (χ3v) is 50.8. The van der Waals surface area contributed by atoms with Crippen LogP contribution in [0.1, 0.15) is 152 Å². The van der Waals surface area contributed by atoms with E-state index in [4.69, 9.17) is 0 Å². The zero-order valence-corrected chi connectivity index (χ0v) is 43.0. The Hall–Kier alpha value is -1.96. The summed E-state index contributed by atoms with van der Waals surface area (Å²) in [6.07, 6.45) is 24.2. The first-order valence-corrected chi connectivity index (χ1v) is 36.8. The van der Waals surface area contributed by atoms with Crippen LogP contribution in [0.25, 0.3) is 34.4 Å². The Kier molecular flexibility index (Phi) is 10.8. The molecule has 61 heavy (non-hydrogen) atoms. The maximum Gasteiger partial charge on any atom is -0.147 e. The minimum Gasteiger partial charge on any atom is -0.147 e. The molecule has 0 spiro atoms. The van der Waals surface area contributed by atoms with Gasteiger partial charge in [0.2, 0.25) is 0 Å². The molecule has 0 aliphatic heterocycles. The number of benzene rings is 4. The van der Waals surface area contributed by atoms with Gasteiger partial charge in [0.25, 0.3) is 0 Å². The van der Waals surface area contributed by atoms with E-state index in [1.165, 1.54) is 113 Å². The molecule has 14 rings (SSSR count). The fourth-order valence-corrected chi connectivity index (χ4v) is 41.8. The Morgan fingerprint density at radius 3 is 1.26 bits per heavy atom. The molecule has 320 valence electrons. The zero-order valence-electron chi connectivity index (χ0n) is 37.5. The van der Waals surface area contributed by atoms with E-state index in [2.05, 4.69) is 132 Å². The summed E-state index contributed by atoms with van der Waals surface area (Å²) in [4.78, 5) is 0. The molecular formula is C57H70Cl2SiZr. The largest absolute Gasteiger partial charge is 0.147 e. The Morgan fingerprint density at radius 1 is 0.508 bits per heavy atom. The van der Waals surface area contributed by atoms with Gasteiger partial charge in [0.1, 0.15) is 0 Å². The van der Waals surface area contributed by atoms with Gasteiger partial charge in [-0.25, -0.2) is 0 Å². The molecule has 4 aromatic carbocycles. The van der Waals surface area contributed by atoms with Gasteiger partial charge in [-0.2, -0.15) is 0 Å². The van der Waals surface area contributed by atoms with Crippen LogP contribution in [-0.2, 0) is 28.2 Å². The number of hydrogen-bond acceptors (Lipinski definition) is 0. The number of hydrogen-bond donors (Lipinski definition) is 0. The summed E-state index contributed by atoms with van der Waals surface area (Å²) >= 11 is -3.79. The Labute approximate surface area is 382 Å². The fraction of sp³-hybridized carbons (Fsp3) is 0.509. The molecule has 0 heterocycles. The zero-order chi connectivity index (χ0) is 39.9. The van der Waals surface area contributed by atoms with Crippen LogP contribution in [-0.4, -0.2) is 6.88 Å². The molecule has 10 aliphatic rings. The smallest absolute Gasteiger partial charge is 0.147 e. The molecule has 2 unspecified atom stereocenters. The molecule has 0 amide bonds. The molecule has 8 bridgehead atoms. The van der Waals surface area contributed by atoms with E-state index in [9.17, 15) is 0 Å². The molecule has 8 saturated carbocycles. The standard InChI is InChI=1S/C27H29.C26H27.2C2H5.2ClH.H2Si.Zr/c1-2-18-13-23-4-3-5-25(26(23)14-18)22-6-8-24(9-7-22)27-15-19-10-20(16-27)12-21(11-19)17-27;1-17-9-22-3-2-4-24(25(22)10-17)21-5-7-23(8-6-21)26-14-18-11-19(15-26)13-20(12-18)16-26;2*1-2;;;;/h3-9,13-14,19-21H,2,10-12,15-17H2,1H3;2-10,18-20H,11-16H2,1H3;2*1H2,2H3;2*1H;1H2;. The van der Waals surface area contributed by atoms with Crippen molar-refractivity contribution < 1.29 is 17.4 Å². The maximum atomic E-state index is 2.70. The molecule has 10 aliphatic carbocycles. The van der Waals surface area contributed by atoms with E-state index in [1.807, 2.05) is 0 Å². The molecule has 4 heteroatoms. The molecule has 0 radical (unpaired) electrons. The summed E-state index contributed by atoms with van der Waals surface area (Å²) in [5.74, 6) is 5.91. The van der Waals surface area contributed by atoms with Crippen molar-refractivity contribution in [3.05, 3.63) is 129 Å². The predicted octanol–water partition coefficient (Wildman–Crippen LogP) is 15.9. The first-order chi connectivity index (χ1) is 28.6. The monoisotopic (exact) mass is 942 g/mol. The van der Waals surface area contributed by atoms with Crippen molar-refractivity contribution in [3.63, 3.8) is 0 Å².